The summed E-state index contributed by atoms with van der Waals surface area (Å²) in [6.45, 7) is 8.18. The molecule has 1 aromatic heterocycles. The zero-order chi connectivity index (χ0) is 15.1. The van der Waals surface area contributed by atoms with Crippen molar-refractivity contribution in [3.05, 3.63) is 40.3 Å². The molecule has 0 bridgehead atoms. The van der Waals surface area contributed by atoms with Gasteiger partial charge in [0.05, 0.1) is 6.61 Å². The predicted molar refractivity (Wildman–Crippen MR) is 86.0 cm³/mol. The molecule has 0 radical (unpaired) electrons. The Labute approximate surface area is 130 Å². The Morgan fingerprint density at radius 3 is 2.57 bits per heavy atom. The molecule has 1 aromatic carbocycles. The number of hydrogen-bond donors (Lipinski definition) is 1. The van der Waals surface area contributed by atoms with Gasteiger partial charge in [0, 0.05) is 23.7 Å². The van der Waals surface area contributed by atoms with Crippen molar-refractivity contribution < 1.29 is 9.47 Å². The number of aromatic nitrogens is 1. The Bertz CT molecular complexity index is 555. The zero-order valence-corrected chi connectivity index (χ0v) is 13.6. The fourth-order valence-corrected chi connectivity index (χ4v) is 2.57. The summed E-state index contributed by atoms with van der Waals surface area (Å²) in [5, 5.41) is 4.36. The van der Waals surface area contributed by atoms with E-state index in [2.05, 4.69) is 24.1 Å². The maximum absolute atomic E-state index is 5.82. The zero-order valence-electron chi connectivity index (χ0n) is 12.8. The number of para-hydroxylation sites is 2. The van der Waals surface area contributed by atoms with Gasteiger partial charge in [0.15, 0.2) is 11.5 Å². The second-order valence-electron chi connectivity index (χ2n) is 4.92. The molecule has 21 heavy (non-hydrogen) atoms. The normalized spacial score (nSPS) is 10.9. The molecule has 5 heteroatoms. The second kappa shape index (κ2) is 8.00. The van der Waals surface area contributed by atoms with Crippen LogP contribution in [0.15, 0.2) is 30.5 Å². The molecular weight excluding hydrogens is 284 g/mol. The van der Waals surface area contributed by atoms with Gasteiger partial charge in [0.2, 0.25) is 0 Å². The summed E-state index contributed by atoms with van der Waals surface area (Å²) < 4.78 is 11.4. The Morgan fingerprint density at radius 2 is 1.90 bits per heavy atom. The first-order valence-corrected chi connectivity index (χ1v) is 8.02. The van der Waals surface area contributed by atoms with Gasteiger partial charge in [0.1, 0.15) is 11.6 Å². The fraction of sp³-hybridized carbons (Fsp3) is 0.438. The number of hydrogen-bond acceptors (Lipinski definition) is 5. The van der Waals surface area contributed by atoms with Crippen molar-refractivity contribution in [3.8, 4) is 11.5 Å². The number of rotatable bonds is 8. The first-order valence-electron chi connectivity index (χ1n) is 7.20. The summed E-state index contributed by atoms with van der Waals surface area (Å²) in [5.74, 6) is 1.54. The van der Waals surface area contributed by atoms with E-state index in [-0.39, 0.29) is 0 Å². The molecule has 0 saturated heterocycles. The van der Waals surface area contributed by atoms with Crippen LogP contribution in [0.3, 0.4) is 0 Å². The van der Waals surface area contributed by atoms with E-state index in [0.29, 0.717) is 19.3 Å². The molecule has 1 N–H and O–H groups in total. The lowest BCUT2D eigenvalue weighted by Crippen LogP contribution is -2.21. The highest BCUT2D eigenvalue weighted by atomic mass is 32.1. The second-order valence-corrected chi connectivity index (χ2v) is 6.12. The SMILES string of the molecule is CCOc1ccccc1OCc1ncc(CNC(C)C)s1. The number of nitrogens with one attached hydrogen (secondary N) is 1. The van der Waals surface area contributed by atoms with E-state index in [0.717, 1.165) is 23.1 Å². The van der Waals surface area contributed by atoms with E-state index >= 15 is 0 Å². The van der Waals surface area contributed by atoms with Crippen molar-refractivity contribution in [2.75, 3.05) is 6.61 Å². The largest absolute Gasteiger partial charge is 0.490 e. The Kier molecular flexibility index (Phi) is 6.02. The smallest absolute Gasteiger partial charge is 0.161 e. The highest BCUT2D eigenvalue weighted by Crippen LogP contribution is 2.27. The Morgan fingerprint density at radius 1 is 1.19 bits per heavy atom. The minimum Gasteiger partial charge on any atom is -0.490 e. The van der Waals surface area contributed by atoms with Crippen LogP contribution in [0.4, 0.5) is 0 Å². The van der Waals surface area contributed by atoms with Gasteiger partial charge in [-0.15, -0.1) is 11.3 Å². The summed E-state index contributed by atoms with van der Waals surface area (Å²) in [4.78, 5) is 5.62. The summed E-state index contributed by atoms with van der Waals surface area (Å²) in [5.41, 5.74) is 0. The molecule has 2 rings (SSSR count). The molecule has 2 aromatic rings. The van der Waals surface area contributed by atoms with Crippen LogP contribution in [-0.4, -0.2) is 17.6 Å². The molecule has 0 aliphatic heterocycles. The summed E-state index contributed by atoms with van der Waals surface area (Å²) in [6, 6.07) is 8.19. The van der Waals surface area contributed by atoms with E-state index in [1.54, 1.807) is 11.3 Å². The molecule has 114 valence electrons. The monoisotopic (exact) mass is 306 g/mol. The summed E-state index contributed by atoms with van der Waals surface area (Å²) in [7, 11) is 0. The van der Waals surface area contributed by atoms with Gasteiger partial charge in [0.25, 0.3) is 0 Å². The lowest BCUT2D eigenvalue weighted by Gasteiger charge is -2.10. The van der Waals surface area contributed by atoms with Crippen molar-refractivity contribution in [3.63, 3.8) is 0 Å². The molecule has 0 spiro atoms. The van der Waals surface area contributed by atoms with E-state index in [1.807, 2.05) is 37.4 Å². The third-order valence-electron chi connectivity index (χ3n) is 2.79. The van der Waals surface area contributed by atoms with Crippen LogP contribution in [0.25, 0.3) is 0 Å². The van der Waals surface area contributed by atoms with Crippen LogP contribution in [0.2, 0.25) is 0 Å². The number of nitrogens with zero attached hydrogens (tertiary/aromatic N) is 1. The lowest BCUT2D eigenvalue weighted by atomic mass is 10.3. The Hall–Kier alpha value is -1.59. The predicted octanol–water partition coefficient (Wildman–Crippen LogP) is 3.62. The molecule has 4 nitrogen and oxygen atoms in total. The highest BCUT2D eigenvalue weighted by Gasteiger charge is 2.07. The van der Waals surface area contributed by atoms with Crippen LogP contribution in [0, 0.1) is 0 Å². The average Bonchev–Trinajstić information content (AvgIpc) is 2.92. The van der Waals surface area contributed by atoms with Crippen molar-refractivity contribution >= 4 is 11.3 Å². The van der Waals surface area contributed by atoms with Crippen LogP contribution >= 0.6 is 11.3 Å². The molecular formula is C16H22N2O2S. The molecule has 0 atom stereocenters. The van der Waals surface area contributed by atoms with E-state index < -0.39 is 0 Å². The van der Waals surface area contributed by atoms with E-state index in [1.165, 1.54) is 4.88 Å². The van der Waals surface area contributed by atoms with E-state index in [4.69, 9.17) is 9.47 Å². The van der Waals surface area contributed by atoms with Gasteiger partial charge >= 0.3 is 0 Å². The topological polar surface area (TPSA) is 43.4 Å². The molecule has 0 saturated carbocycles. The maximum Gasteiger partial charge on any atom is 0.161 e. The number of ether oxygens (including phenoxy) is 2. The minimum absolute atomic E-state index is 0.469. The van der Waals surface area contributed by atoms with Gasteiger partial charge in [-0.05, 0) is 19.1 Å². The van der Waals surface area contributed by atoms with Crippen LogP contribution in [0.1, 0.15) is 30.7 Å². The van der Waals surface area contributed by atoms with Crippen molar-refractivity contribution in [1.29, 1.82) is 0 Å². The van der Waals surface area contributed by atoms with E-state index in [9.17, 15) is 0 Å². The van der Waals surface area contributed by atoms with Crippen LogP contribution < -0.4 is 14.8 Å². The summed E-state index contributed by atoms with van der Waals surface area (Å²) >= 11 is 1.67. The third kappa shape index (κ3) is 5.02. The first-order chi connectivity index (χ1) is 10.2. The number of benzene rings is 1. The van der Waals surface area contributed by atoms with Crippen molar-refractivity contribution in [2.45, 2.75) is 40.0 Å². The quantitative estimate of drug-likeness (QED) is 0.809. The first kappa shape index (κ1) is 15.8. The maximum atomic E-state index is 5.82. The number of thiazole rings is 1. The molecule has 1 heterocycles. The van der Waals surface area contributed by atoms with Gasteiger partial charge in [-0.2, -0.15) is 0 Å². The van der Waals surface area contributed by atoms with Crippen molar-refractivity contribution in [1.82, 2.24) is 10.3 Å². The molecule has 0 aliphatic rings. The third-order valence-corrected chi connectivity index (χ3v) is 3.76. The standard InChI is InChI=1S/C16H22N2O2S/c1-4-19-14-7-5-6-8-15(14)20-11-16-18-10-13(21-16)9-17-12(2)3/h5-8,10,12,17H,4,9,11H2,1-3H3. The Balaban J connectivity index is 1.91. The fourth-order valence-electron chi connectivity index (χ4n) is 1.78. The van der Waals surface area contributed by atoms with Gasteiger partial charge in [-0.1, -0.05) is 26.0 Å². The molecule has 0 fully saturated rings. The lowest BCUT2D eigenvalue weighted by molar-refractivity contribution is 0.269. The highest BCUT2D eigenvalue weighted by molar-refractivity contribution is 7.11. The van der Waals surface area contributed by atoms with Gasteiger partial charge in [-0.25, -0.2) is 4.98 Å². The molecule has 0 aliphatic carbocycles. The van der Waals surface area contributed by atoms with Crippen LogP contribution in [-0.2, 0) is 13.2 Å². The molecule has 0 unspecified atom stereocenters. The van der Waals surface area contributed by atoms with Gasteiger partial charge < -0.3 is 14.8 Å². The summed E-state index contributed by atoms with van der Waals surface area (Å²) in [6.07, 6.45) is 1.91. The van der Waals surface area contributed by atoms with Gasteiger partial charge in [-0.3, -0.25) is 0 Å². The van der Waals surface area contributed by atoms with Crippen LogP contribution in [0.5, 0.6) is 11.5 Å². The average molecular weight is 306 g/mol. The molecule has 0 amide bonds. The van der Waals surface area contributed by atoms with Crippen molar-refractivity contribution in [2.24, 2.45) is 0 Å². The minimum atomic E-state index is 0.469.